The second kappa shape index (κ2) is 4.57. The lowest BCUT2D eigenvalue weighted by molar-refractivity contribution is 0.0784. The second-order valence-electron chi connectivity index (χ2n) is 6.02. The van der Waals surface area contributed by atoms with Gasteiger partial charge in [-0.25, -0.2) is 0 Å². The third kappa shape index (κ3) is 1.86. The van der Waals surface area contributed by atoms with Crippen molar-refractivity contribution in [2.45, 2.75) is 18.9 Å². The maximum absolute atomic E-state index is 12.6. The normalized spacial score (nSPS) is 29.1. The number of fused-ring (bicyclic) bond motifs is 2. The van der Waals surface area contributed by atoms with Crippen molar-refractivity contribution in [2.75, 3.05) is 13.1 Å². The molecule has 1 saturated carbocycles. The third-order valence-electron chi connectivity index (χ3n) is 4.84. The molecule has 3 nitrogen and oxygen atoms in total. The Kier molecular flexibility index (Phi) is 2.82. The van der Waals surface area contributed by atoms with E-state index in [9.17, 15) is 4.79 Å². The number of hydrogen-bond donors (Lipinski definition) is 1. The van der Waals surface area contributed by atoms with Gasteiger partial charge in [0.25, 0.3) is 5.91 Å². The van der Waals surface area contributed by atoms with Gasteiger partial charge in [-0.05, 0) is 42.2 Å². The largest absolute Gasteiger partial charge is 0.337 e. The van der Waals surface area contributed by atoms with Crippen LogP contribution in [-0.2, 0) is 0 Å². The molecule has 20 heavy (non-hydrogen) atoms. The maximum Gasteiger partial charge on any atom is 0.263 e. The van der Waals surface area contributed by atoms with E-state index in [2.05, 4.69) is 12.1 Å². The molecule has 3 unspecified atom stereocenters. The minimum absolute atomic E-state index is 0.188. The Balaban J connectivity index is 1.58. The molecule has 1 aromatic heterocycles. The highest BCUT2D eigenvalue weighted by Gasteiger charge is 2.42. The van der Waals surface area contributed by atoms with Crippen LogP contribution in [0.15, 0.2) is 30.3 Å². The number of nitrogens with zero attached hydrogens (tertiary/aromatic N) is 1. The number of hydrogen-bond acceptors (Lipinski definition) is 3. The fourth-order valence-electron chi connectivity index (χ4n) is 3.72. The van der Waals surface area contributed by atoms with Gasteiger partial charge in [0.2, 0.25) is 0 Å². The Labute approximate surface area is 122 Å². The average molecular weight is 286 g/mol. The molecular weight excluding hydrogens is 268 g/mol. The molecule has 104 valence electrons. The fraction of sp³-hybridized carbons (Fsp3) is 0.438. The topological polar surface area (TPSA) is 46.3 Å². The highest BCUT2D eigenvalue weighted by molar-refractivity contribution is 7.20. The van der Waals surface area contributed by atoms with Crippen molar-refractivity contribution in [3.05, 3.63) is 35.2 Å². The van der Waals surface area contributed by atoms with Gasteiger partial charge in [0.05, 0.1) is 4.88 Å². The first-order valence-electron chi connectivity index (χ1n) is 7.26. The lowest BCUT2D eigenvalue weighted by Gasteiger charge is -2.17. The Morgan fingerprint density at radius 3 is 2.90 bits per heavy atom. The first-order valence-corrected chi connectivity index (χ1v) is 8.07. The van der Waals surface area contributed by atoms with Gasteiger partial charge in [-0.15, -0.1) is 11.3 Å². The molecule has 1 aliphatic carbocycles. The number of amides is 1. The van der Waals surface area contributed by atoms with Crippen LogP contribution in [0.3, 0.4) is 0 Å². The molecule has 2 aliphatic rings. The zero-order valence-electron chi connectivity index (χ0n) is 11.3. The summed E-state index contributed by atoms with van der Waals surface area (Å²) in [6.45, 7) is 1.74. The van der Waals surface area contributed by atoms with E-state index in [4.69, 9.17) is 5.73 Å². The van der Waals surface area contributed by atoms with Crippen LogP contribution < -0.4 is 5.73 Å². The molecule has 4 rings (SSSR count). The fourth-order valence-corrected chi connectivity index (χ4v) is 4.75. The highest BCUT2D eigenvalue weighted by Crippen LogP contribution is 2.38. The van der Waals surface area contributed by atoms with Gasteiger partial charge < -0.3 is 10.6 Å². The molecule has 2 aromatic rings. The van der Waals surface area contributed by atoms with Gasteiger partial charge in [-0.1, -0.05) is 18.2 Å². The summed E-state index contributed by atoms with van der Waals surface area (Å²) >= 11 is 1.60. The van der Waals surface area contributed by atoms with Crippen molar-refractivity contribution in [1.29, 1.82) is 0 Å². The van der Waals surface area contributed by atoms with Gasteiger partial charge in [0, 0.05) is 23.8 Å². The number of likely N-dealkylation sites (tertiary alicyclic amines) is 1. The van der Waals surface area contributed by atoms with Crippen molar-refractivity contribution in [3.63, 3.8) is 0 Å². The van der Waals surface area contributed by atoms with Crippen LogP contribution in [0.25, 0.3) is 10.1 Å². The Morgan fingerprint density at radius 2 is 2.10 bits per heavy atom. The molecule has 2 N–H and O–H groups in total. The number of nitrogens with two attached hydrogens (primary N) is 1. The van der Waals surface area contributed by atoms with Gasteiger partial charge >= 0.3 is 0 Å². The monoisotopic (exact) mass is 286 g/mol. The van der Waals surface area contributed by atoms with Crippen LogP contribution in [0.1, 0.15) is 22.5 Å². The molecule has 1 aromatic carbocycles. The number of rotatable bonds is 1. The van der Waals surface area contributed by atoms with Crippen molar-refractivity contribution >= 4 is 27.3 Å². The summed E-state index contributed by atoms with van der Waals surface area (Å²) in [7, 11) is 0. The predicted octanol–water partition coefficient (Wildman–Crippen LogP) is 2.71. The summed E-state index contributed by atoms with van der Waals surface area (Å²) in [5.74, 6) is 1.34. The SMILES string of the molecule is NC1CCC2CN(C(=O)c3cc4ccccc4s3)CC12. The van der Waals surface area contributed by atoms with E-state index in [-0.39, 0.29) is 5.91 Å². The molecule has 4 heteroatoms. The smallest absolute Gasteiger partial charge is 0.263 e. The average Bonchev–Trinajstić information content (AvgIpc) is 3.13. The Morgan fingerprint density at radius 1 is 1.25 bits per heavy atom. The molecule has 0 radical (unpaired) electrons. The number of thiophene rings is 1. The first-order chi connectivity index (χ1) is 9.72. The molecule has 3 atom stereocenters. The lowest BCUT2D eigenvalue weighted by Crippen LogP contribution is -2.33. The predicted molar refractivity (Wildman–Crippen MR) is 81.9 cm³/mol. The summed E-state index contributed by atoms with van der Waals surface area (Å²) in [6, 6.07) is 10.5. The summed E-state index contributed by atoms with van der Waals surface area (Å²) in [4.78, 5) is 15.5. The van der Waals surface area contributed by atoms with E-state index in [0.717, 1.165) is 29.8 Å². The van der Waals surface area contributed by atoms with Gasteiger partial charge in [0.15, 0.2) is 0 Å². The summed E-state index contributed by atoms with van der Waals surface area (Å²) in [6.07, 6.45) is 2.31. The van der Waals surface area contributed by atoms with Crippen LogP contribution in [0, 0.1) is 11.8 Å². The molecular formula is C16H18N2OS. The van der Waals surface area contributed by atoms with Crippen LogP contribution >= 0.6 is 11.3 Å². The van der Waals surface area contributed by atoms with Crippen molar-refractivity contribution in [2.24, 2.45) is 17.6 Å². The number of carbonyl (C=O) groups is 1. The lowest BCUT2D eigenvalue weighted by atomic mass is 9.98. The number of carbonyl (C=O) groups excluding carboxylic acids is 1. The molecule has 2 fully saturated rings. The molecule has 1 saturated heterocycles. The van der Waals surface area contributed by atoms with Crippen LogP contribution in [0.4, 0.5) is 0 Å². The van der Waals surface area contributed by atoms with Crippen molar-refractivity contribution in [1.82, 2.24) is 4.90 Å². The second-order valence-corrected chi connectivity index (χ2v) is 7.11. The Hall–Kier alpha value is -1.39. The van der Waals surface area contributed by atoms with E-state index in [0.29, 0.717) is 17.9 Å². The summed E-state index contributed by atoms with van der Waals surface area (Å²) in [5, 5.41) is 1.16. The van der Waals surface area contributed by atoms with E-state index >= 15 is 0 Å². The first kappa shape index (κ1) is 12.4. The summed E-state index contributed by atoms with van der Waals surface area (Å²) < 4.78 is 1.19. The molecule has 0 bridgehead atoms. The maximum atomic E-state index is 12.6. The minimum Gasteiger partial charge on any atom is -0.337 e. The van der Waals surface area contributed by atoms with E-state index in [1.54, 1.807) is 11.3 Å². The van der Waals surface area contributed by atoms with Crippen molar-refractivity contribution in [3.8, 4) is 0 Å². The van der Waals surface area contributed by atoms with E-state index in [1.165, 1.54) is 11.1 Å². The van der Waals surface area contributed by atoms with Crippen LogP contribution in [0.2, 0.25) is 0 Å². The molecule has 0 spiro atoms. The van der Waals surface area contributed by atoms with Gasteiger partial charge in [-0.2, -0.15) is 0 Å². The molecule has 2 heterocycles. The van der Waals surface area contributed by atoms with Gasteiger partial charge in [0.1, 0.15) is 0 Å². The zero-order chi connectivity index (χ0) is 13.7. The molecule has 1 amide bonds. The van der Waals surface area contributed by atoms with E-state index < -0.39 is 0 Å². The standard InChI is InChI=1S/C16H18N2OS/c17-13-6-5-11-8-18(9-12(11)13)16(19)15-7-10-3-1-2-4-14(10)20-15/h1-4,7,11-13H,5-6,8-9,17H2. The summed E-state index contributed by atoms with van der Waals surface area (Å²) in [5.41, 5.74) is 6.15. The van der Waals surface area contributed by atoms with Crippen LogP contribution in [-0.4, -0.2) is 29.9 Å². The van der Waals surface area contributed by atoms with E-state index in [1.807, 2.05) is 23.1 Å². The van der Waals surface area contributed by atoms with Gasteiger partial charge in [-0.3, -0.25) is 4.79 Å². The third-order valence-corrected chi connectivity index (χ3v) is 5.94. The van der Waals surface area contributed by atoms with Crippen molar-refractivity contribution < 1.29 is 4.79 Å². The van der Waals surface area contributed by atoms with Crippen LogP contribution in [0.5, 0.6) is 0 Å². The Bertz CT molecular complexity index is 632. The zero-order valence-corrected chi connectivity index (χ0v) is 12.1. The minimum atomic E-state index is 0.188. The quantitative estimate of drug-likeness (QED) is 0.876. The highest BCUT2D eigenvalue weighted by atomic mass is 32.1. The number of benzene rings is 1. The molecule has 1 aliphatic heterocycles.